The van der Waals surface area contributed by atoms with Crippen molar-refractivity contribution >= 4 is 11.7 Å². The Morgan fingerprint density at radius 1 is 1.03 bits per heavy atom. The van der Waals surface area contributed by atoms with Crippen LogP contribution in [0.1, 0.15) is 40.4 Å². The van der Waals surface area contributed by atoms with Crippen LogP contribution >= 0.6 is 0 Å². The standard InChI is InChI=1S/C21H19F3N4O/c22-21(23,24)17-5-2-1-4-16(17)13-8-14-11-27(12-15(14)9-13)19(29)18-10-26-20-25-6-3-7-28(18)20/h1-7,10,13-15H,8-9,11-12H2/t13?,14-,15+. The number of benzene rings is 1. The fraction of sp³-hybridized carbons (Fsp3) is 0.381. The molecule has 5 nitrogen and oxygen atoms in total. The maximum atomic E-state index is 13.4. The zero-order chi connectivity index (χ0) is 20.2. The Balaban J connectivity index is 1.33. The molecule has 150 valence electrons. The third-order valence-electron chi connectivity index (χ3n) is 6.25. The number of carbonyl (C=O) groups is 1. The summed E-state index contributed by atoms with van der Waals surface area (Å²) >= 11 is 0. The summed E-state index contributed by atoms with van der Waals surface area (Å²) in [6.07, 6.45) is 1.92. The van der Waals surface area contributed by atoms with Gasteiger partial charge in [-0.25, -0.2) is 9.97 Å². The molecule has 2 aliphatic rings. The van der Waals surface area contributed by atoms with Gasteiger partial charge in [0, 0.05) is 25.5 Å². The SMILES string of the molecule is O=C(c1cnc2ncccn12)N1C[C@H]2CC(c3ccccc3C(F)(F)F)C[C@H]2C1. The fourth-order valence-corrected chi connectivity index (χ4v) is 4.98. The zero-order valence-corrected chi connectivity index (χ0v) is 15.5. The lowest BCUT2D eigenvalue weighted by molar-refractivity contribution is -0.138. The molecule has 0 radical (unpaired) electrons. The van der Waals surface area contributed by atoms with Gasteiger partial charge < -0.3 is 4.90 Å². The molecule has 8 heteroatoms. The third-order valence-corrected chi connectivity index (χ3v) is 6.25. The van der Waals surface area contributed by atoms with Crippen LogP contribution in [0, 0.1) is 11.8 Å². The van der Waals surface area contributed by atoms with E-state index in [1.54, 1.807) is 39.9 Å². The van der Waals surface area contributed by atoms with Crippen LogP contribution in [-0.2, 0) is 6.18 Å². The molecule has 5 rings (SSSR count). The number of rotatable bonds is 2. The van der Waals surface area contributed by atoms with E-state index >= 15 is 0 Å². The molecule has 1 aliphatic heterocycles. The highest BCUT2D eigenvalue weighted by atomic mass is 19.4. The smallest absolute Gasteiger partial charge is 0.337 e. The first-order valence-corrected chi connectivity index (χ1v) is 9.65. The lowest BCUT2D eigenvalue weighted by Crippen LogP contribution is -2.30. The summed E-state index contributed by atoms with van der Waals surface area (Å²) < 4.78 is 41.8. The molecule has 3 heterocycles. The van der Waals surface area contributed by atoms with Crippen molar-refractivity contribution in [3.63, 3.8) is 0 Å². The van der Waals surface area contributed by atoms with E-state index in [0.717, 1.165) is 6.07 Å². The number of hydrogen-bond donors (Lipinski definition) is 0. The van der Waals surface area contributed by atoms with Crippen molar-refractivity contribution in [2.24, 2.45) is 11.8 Å². The highest BCUT2D eigenvalue weighted by Gasteiger charge is 2.45. The van der Waals surface area contributed by atoms with Gasteiger partial charge in [-0.1, -0.05) is 18.2 Å². The topological polar surface area (TPSA) is 50.5 Å². The molecule has 3 aromatic rings. The Labute approximate surface area is 165 Å². The van der Waals surface area contributed by atoms with E-state index in [2.05, 4.69) is 9.97 Å². The maximum Gasteiger partial charge on any atom is 0.416 e. The molecule has 0 bridgehead atoms. The van der Waals surface area contributed by atoms with Crippen molar-refractivity contribution in [2.45, 2.75) is 24.9 Å². The van der Waals surface area contributed by atoms with Crippen LogP contribution in [0.4, 0.5) is 13.2 Å². The van der Waals surface area contributed by atoms with Crippen molar-refractivity contribution in [3.8, 4) is 0 Å². The highest BCUT2D eigenvalue weighted by Crippen LogP contribution is 2.49. The quantitative estimate of drug-likeness (QED) is 0.653. The first-order chi connectivity index (χ1) is 13.9. The minimum Gasteiger partial charge on any atom is -0.337 e. The van der Waals surface area contributed by atoms with Gasteiger partial charge >= 0.3 is 6.18 Å². The summed E-state index contributed by atoms with van der Waals surface area (Å²) in [5.74, 6) is 0.705. The molecule has 1 saturated heterocycles. The van der Waals surface area contributed by atoms with E-state index in [9.17, 15) is 18.0 Å². The number of likely N-dealkylation sites (tertiary alicyclic amines) is 1. The van der Waals surface area contributed by atoms with Gasteiger partial charge in [0.2, 0.25) is 5.78 Å². The molecule has 2 aromatic heterocycles. The number of alkyl halides is 3. The van der Waals surface area contributed by atoms with Gasteiger partial charge in [0.15, 0.2) is 0 Å². The molecule has 3 atom stereocenters. The summed E-state index contributed by atoms with van der Waals surface area (Å²) in [5.41, 5.74) is 0.323. The summed E-state index contributed by atoms with van der Waals surface area (Å²) in [5, 5.41) is 0. The summed E-state index contributed by atoms with van der Waals surface area (Å²) in [7, 11) is 0. The summed E-state index contributed by atoms with van der Waals surface area (Å²) in [6.45, 7) is 1.14. The average Bonchev–Trinajstić information content (AvgIpc) is 3.39. The third kappa shape index (κ3) is 3.07. The molecule has 29 heavy (non-hydrogen) atoms. The fourth-order valence-electron chi connectivity index (χ4n) is 4.98. The van der Waals surface area contributed by atoms with Crippen LogP contribution in [0.2, 0.25) is 0 Å². The monoisotopic (exact) mass is 400 g/mol. The minimum atomic E-state index is -4.34. The first kappa shape index (κ1) is 18.1. The predicted molar refractivity (Wildman–Crippen MR) is 99.3 cm³/mol. The van der Waals surface area contributed by atoms with Crippen LogP contribution < -0.4 is 0 Å². The molecule has 0 N–H and O–H groups in total. The normalized spacial score (nSPS) is 24.2. The molecule has 0 spiro atoms. The lowest BCUT2D eigenvalue weighted by Gasteiger charge is -2.21. The van der Waals surface area contributed by atoms with E-state index in [-0.39, 0.29) is 23.7 Å². The van der Waals surface area contributed by atoms with Crippen LogP contribution in [-0.4, -0.2) is 38.3 Å². The highest BCUT2D eigenvalue weighted by molar-refractivity contribution is 5.93. The second-order valence-corrected chi connectivity index (χ2v) is 7.92. The van der Waals surface area contributed by atoms with Gasteiger partial charge in [0.1, 0.15) is 5.69 Å². The molecular formula is C21H19F3N4O. The number of aromatic nitrogens is 3. The Morgan fingerprint density at radius 3 is 2.48 bits per heavy atom. The number of hydrogen-bond acceptors (Lipinski definition) is 3. The van der Waals surface area contributed by atoms with E-state index < -0.39 is 11.7 Å². The van der Waals surface area contributed by atoms with Crippen molar-refractivity contribution < 1.29 is 18.0 Å². The number of halogens is 3. The number of amides is 1. The zero-order valence-electron chi connectivity index (χ0n) is 15.5. The van der Waals surface area contributed by atoms with Crippen LogP contribution in [0.3, 0.4) is 0 Å². The number of fused-ring (bicyclic) bond motifs is 2. The van der Waals surface area contributed by atoms with Crippen LogP contribution in [0.25, 0.3) is 5.78 Å². The van der Waals surface area contributed by atoms with Crippen LogP contribution in [0.5, 0.6) is 0 Å². The first-order valence-electron chi connectivity index (χ1n) is 9.65. The molecule has 1 aromatic carbocycles. The van der Waals surface area contributed by atoms with E-state index in [1.807, 2.05) is 0 Å². The average molecular weight is 400 g/mol. The second-order valence-electron chi connectivity index (χ2n) is 7.92. The summed E-state index contributed by atoms with van der Waals surface area (Å²) in [4.78, 5) is 23.1. The van der Waals surface area contributed by atoms with Gasteiger partial charge in [0.05, 0.1) is 11.8 Å². The van der Waals surface area contributed by atoms with Gasteiger partial charge in [0.25, 0.3) is 5.91 Å². The number of imidazole rings is 1. The Bertz CT molecular complexity index is 1060. The van der Waals surface area contributed by atoms with E-state index in [1.165, 1.54) is 12.3 Å². The Morgan fingerprint density at radius 2 is 1.76 bits per heavy atom. The minimum absolute atomic E-state index is 0.104. The summed E-state index contributed by atoms with van der Waals surface area (Å²) in [6, 6.07) is 7.62. The Kier molecular flexibility index (Phi) is 4.11. The molecule has 2 fully saturated rings. The molecular weight excluding hydrogens is 381 g/mol. The lowest BCUT2D eigenvalue weighted by atomic mass is 9.91. The molecule has 1 saturated carbocycles. The molecule has 1 unspecified atom stereocenters. The second kappa shape index (κ2) is 6.57. The van der Waals surface area contributed by atoms with Gasteiger partial charge in [-0.3, -0.25) is 9.20 Å². The molecule has 1 aliphatic carbocycles. The van der Waals surface area contributed by atoms with Crippen LogP contribution in [0.15, 0.2) is 48.9 Å². The maximum absolute atomic E-state index is 13.4. The van der Waals surface area contributed by atoms with Gasteiger partial charge in [-0.2, -0.15) is 13.2 Å². The van der Waals surface area contributed by atoms with Crippen molar-refractivity contribution in [3.05, 3.63) is 65.7 Å². The van der Waals surface area contributed by atoms with Gasteiger partial charge in [-0.15, -0.1) is 0 Å². The van der Waals surface area contributed by atoms with Crippen molar-refractivity contribution in [1.82, 2.24) is 19.3 Å². The predicted octanol–water partition coefficient (Wildman–Crippen LogP) is 4.01. The number of nitrogens with zero attached hydrogens (tertiary/aromatic N) is 4. The van der Waals surface area contributed by atoms with Crippen molar-refractivity contribution in [2.75, 3.05) is 13.1 Å². The van der Waals surface area contributed by atoms with E-state index in [4.69, 9.17) is 0 Å². The largest absolute Gasteiger partial charge is 0.416 e. The van der Waals surface area contributed by atoms with E-state index in [0.29, 0.717) is 43.0 Å². The Hall–Kier alpha value is -2.90. The van der Waals surface area contributed by atoms with Gasteiger partial charge in [-0.05, 0) is 48.3 Å². The number of carbonyl (C=O) groups excluding carboxylic acids is 1. The van der Waals surface area contributed by atoms with Crippen molar-refractivity contribution in [1.29, 1.82) is 0 Å². The molecule has 1 amide bonds.